The highest BCUT2D eigenvalue weighted by Crippen LogP contribution is 2.26. The molecule has 0 saturated carbocycles. The van der Waals surface area contributed by atoms with Crippen LogP contribution in [0.1, 0.15) is 11.4 Å². The number of phenols is 1. The molecule has 2 aromatic carbocycles. The van der Waals surface area contributed by atoms with Crippen molar-refractivity contribution in [2.75, 3.05) is 12.4 Å². The molecule has 0 radical (unpaired) electrons. The van der Waals surface area contributed by atoms with Crippen LogP contribution in [0.5, 0.6) is 17.2 Å². The lowest BCUT2D eigenvalue weighted by Gasteiger charge is -2.08. The van der Waals surface area contributed by atoms with E-state index in [0.29, 0.717) is 29.4 Å². The third-order valence-corrected chi connectivity index (χ3v) is 4.02. The number of carbonyl (C=O) groups is 1. The van der Waals surface area contributed by atoms with Gasteiger partial charge in [0.25, 0.3) is 0 Å². The second-order valence-electron chi connectivity index (χ2n) is 6.02. The first-order valence-electron chi connectivity index (χ1n) is 8.60. The number of aryl methyl sites for hydroxylation is 1. The average molecular weight is 379 g/mol. The van der Waals surface area contributed by atoms with Gasteiger partial charge in [0.1, 0.15) is 18.2 Å². The van der Waals surface area contributed by atoms with Crippen LogP contribution in [0.4, 0.5) is 5.69 Å². The number of carbonyl (C=O) groups excluding carboxylic acids is 1. The zero-order valence-electron chi connectivity index (χ0n) is 15.6. The van der Waals surface area contributed by atoms with Crippen LogP contribution in [0.25, 0.3) is 6.08 Å². The van der Waals surface area contributed by atoms with Gasteiger partial charge in [-0.15, -0.1) is 0 Å². The minimum absolute atomic E-state index is 0.0163. The Labute approximate surface area is 162 Å². The summed E-state index contributed by atoms with van der Waals surface area (Å²) >= 11 is 0. The maximum absolute atomic E-state index is 12.2. The lowest BCUT2D eigenvalue weighted by atomic mass is 10.2. The van der Waals surface area contributed by atoms with Crippen LogP contribution in [0.3, 0.4) is 0 Å². The summed E-state index contributed by atoms with van der Waals surface area (Å²) in [5.41, 5.74) is 1.30. The van der Waals surface area contributed by atoms with Crippen LogP contribution >= 0.6 is 0 Å². The number of hydrogen-bond donors (Lipinski definition) is 2. The number of amides is 1. The third kappa shape index (κ3) is 4.91. The van der Waals surface area contributed by atoms with Gasteiger partial charge in [-0.25, -0.2) is 4.98 Å². The molecular formula is C21H21N3O4. The molecule has 1 aromatic heterocycles. The quantitative estimate of drug-likeness (QED) is 0.615. The fraction of sp³-hybridized carbons (Fsp3) is 0.143. The molecule has 1 amide bonds. The largest absolute Gasteiger partial charge is 0.504 e. The maximum Gasteiger partial charge on any atom is 0.248 e. The highest BCUT2D eigenvalue weighted by atomic mass is 16.5. The van der Waals surface area contributed by atoms with Crippen LogP contribution in [0.2, 0.25) is 0 Å². The van der Waals surface area contributed by atoms with Crippen molar-refractivity contribution in [1.29, 1.82) is 0 Å². The van der Waals surface area contributed by atoms with Gasteiger partial charge >= 0.3 is 0 Å². The molecule has 1 heterocycles. The number of anilines is 1. The van der Waals surface area contributed by atoms with Crippen molar-refractivity contribution in [2.45, 2.75) is 6.61 Å². The standard InChI is InChI=1S/C21H21N3O4/c1-24-11-10-22-20(24)14-28-17-5-3-4-16(13-17)23-21(26)9-7-15-6-8-19(27-2)18(25)12-15/h3-13,25H,14H2,1-2H3,(H,23,26)/b9-7+. The molecule has 2 N–H and O–H groups in total. The summed E-state index contributed by atoms with van der Waals surface area (Å²) in [5, 5.41) is 12.6. The van der Waals surface area contributed by atoms with Crippen molar-refractivity contribution in [3.63, 3.8) is 0 Å². The second-order valence-corrected chi connectivity index (χ2v) is 6.02. The molecule has 0 bridgehead atoms. The number of nitrogens with zero attached hydrogens (tertiary/aromatic N) is 2. The average Bonchev–Trinajstić information content (AvgIpc) is 3.10. The first kappa shape index (κ1) is 19.0. The molecule has 0 aliphatic heterocycles. The molecule has 0 spiro atoms. The van der Waals surface area contributed by atoms with E-state index < -0.39 is 0 Å². The smallest absolute Gasteiger partial charge is 0.248 e. The molecule has 3 rings (SSSR count). The van der Waals surface area contributed by atoms with E-state index in [1.165, 1.54) is 19.3 Å². The van der Waals surface area contributed by atoms with E-state index in [1.54, 1.807) is 42.6 Å². The molecule has 28 heavy (non-hydrogen) atoms. The summed E-state index contributed by atoms with van der Waals surface area (Å²) in [6.07, 6.45) is 6.56. The lowest BCUT2D eigenvalue weighted by Crippen LogP contribution is -2.08. The number of aromatic nitrogens is 2. The first-order chi connectivity index (χ1) is 13.5. The van der Waals surface area contributed by atoms with E-state index in [9.17, 15) is 9.90 Å². The zero-order chi connectivity index (χ0) is 19.9. The van der Waals surface area contributed by atoms with Crippen molar-refractivity contribution >= 4 is 17.7 Å². The Kier molecular flexibility index (Phi) is 5.96. The summed E-state index contributed by atoms with van der Waals surface area (Å²) in [4.78, 5) is 16.4. The third-order valence-electron chi connectivity index (χ3n) is 4.02. The number of imidazole rings is 1. The van der Waals surface area contributed by atoms with Crippen molar-refractivity contribution in [1.82, 2.24) is 9.55 Å². The highest BCUT2D eigenvalue weighted by Gasteiger charge is 2.04. The SMILES string of the molecule is COc1ccc(/C=C/C(=O)Nc2cccc(OCc3nccn3C)c2)cc1O. The Balaban J connectivity index is 1.59. The first-order valence-corrected chi connectivity index (χ1v) is 8.60. The molecule has 0 atom stereocenters. The number of hydrogen-bond acceptors (Lipinski definition) is 5. The Hall–Kier alpha value is -3.74. The number of rotatable bonds is 7. The molecular weight excluding hydrogens is 358 g/mol. The van der Waals surface area contributed by atoms with Gasteiger partial charge in [-0.1, -0.05) is 12.1 Å². The van der Waals surface area contributed by atoms with Gasteiger partial charge in [0.15, 0.2) is 11.5 Å². The minimum atomic E-state index is -0.295. The fourth-order valence-corrected chi connectivity index (χ4v) is 2.51. The van der Waals surface area contributed by atoms with Crippen molar-refractivity contribution in [2.24, 2.45) is 7.05 Å². The number of phenolic OH excluding ortho intramolecular Hbond substituents is 1. The molecule has 0 saturated heterocycles. The van der Waals surface area contributed by atoms with E-state index in [-0.39, 0.29) is 11.7 Å². The number of ether oxygens (including phenoxy) is 2. The summed E-state index contributed by atoms with van der Waals surface area (Å²) < 4.78 is 12.6. The molecule has 0 aliphatic carbocycles. The molecule has 0 aliphatic rings. The lowest BCUT2D eigenvalue weighted by molar-refractivity contribution is -0.111. The Morgan fingerprint density at radius 2 is 2.14 bits per heavy atom. The van der Waals surface area contributed by atoms with Crippen LogP contribution in [0, 0.1) is 0 Å². The maximum atomic E-state index is 12.2. The van der Waals surface area contributed by atoms with Gasteiger partial charge in [0, 0.05) is 37.3 Å². The van der Waals surface area contributed by atoms with Crippen molar-refractivity contribution in [3.05, 3.63) is 72.3 Å². The topological polar surface area (TPSA) is 85.6 Å². The summed E-state index contributed by atoms with van der Waals surface area (Å²) in [6.45, 7) is 0.335. The number of nitrogens with one attached hydrogen (secondary N) is 1. The van der Waals surface area contributed by atoms with Gasteiger partial charge in [-0.3, -0.25) is 4.79 Å². The van der Waals surface area contributed by atoms with Gasteiger partial charge in [-0.2, -0.15) is 0 Å². The molecule has 144 valence electrons. The van der Waals surface area contributed by atoms with Crippen molar-refractivity contribution in [3.8, 4) is 17.2 Å². The van der Waals surface area contributed by atoms with Gasteiger partial charge in [0.2, 0.25) is 5.91 Å². The summed E-state index contributed by atoms with van der Waals surface area (Å²) in [7, 11) is 3.38. The zero-order valence-corrected chi connectivity index (χ0v) is 15.6. The molecule has 0 fully saturated rings. The van der Waals surface area contributed by atoms with Crippen LogP contribution in [0.15, 0.2) is 60.9 Å². The van der Waals surface area contributed by atoms with Crippen LogP contribution in [-0.2, 0) is 18.4 Å². The van der Waals surface area contributed by atoms with E-state index >= 15 is 0 Å². The molecule has 3 aromatic rings. The number of benzene rings is 2. The van der Waals surface area contributed by atoms with E-state index in [0.717, 1.165) is 5.82 Å². The monoisotopic (exact) mass is 379 g/mol. The van der Waals surface area contributed by atoms with Gasteiger partial charge < -0.3 is 24.5 Å². The van der Waals surface area contributed by atoms with E-state index in [1.807, 2.05) is 23.9 Å². The summed E-state index contributed by atoms with van der Waals surface area (Å²) in [6, 6.07) is 12.0. The Morgan fingerprint density at radius 3 is 2.86 bits per heavy atom. The predicted octanol–water partition coefficient (Wildman–Crippen LogP) is 3.37. The van der Waals surface area contributed by atoms with Crippen molar-refractivity contribution < 1.29 is 19.4 Å². The van der Waals surface area contributed by atoms with Crippen LogP contribution < -0.4 is 14.8 Å². The molecule has 7 heteroatoms. The summed E-state index contributed by atoms with van der Waals surface area (Å²) in [5.74, 6) is 1.54. The van der Waals surface area contributed by atoms with E-state index in [4.69, 9.17) is 9.47 Å². The molecule has 0 unspecified atom stereocenters. The Morgan fingerprint density at radius 1 is 1.29 bits per heavy atom. The van der Waals surface area contributed by atoms with Crippen LogP contribution in [-0.4, -0.2) is 27.7 Å². The van der Waals surface area contributed by atoms with Gasteiger partial charge in [0.05, 0.1) is 7.11 Å². The predicted molar refractivity (Wildman–Crippen MR) is 106 cm³/mol. The Bertz CT molecular complexity index is 995. The number of methoxy groups -OCH3 is 1. The van der Waals surface area contributed by atoms with E-state index in [2.05, 4.69) is 10.3 Å². The van der Waals surface area contributed by atoms with Gasteiger partial charge in [-0.05, 0) is 35.9 Å². The fourth-order valence-electron chi connectivity index (χ4n) is 2.51. The molecule has 7 nitrogen and oxygen atoms in total. The normalized spacial score (nSPS) is 10.8. The second kappa shape index (κ2) is 8.77. The number of aromatic hydroxyl groups is 1. The minimum Gasteiger partial charge on any atom is -0.504 e. The highest BCUT2D eigenvalue weighted by molar-refractivity contribution is 6.02.